The molecule has 166 valence electrons. The molecule has 0 heterocycles. The number of ether oxygens (including phenoxy) is 2. The first kappa shape index (κ1) is 24.3. The van der Waals surface area contributed by atoms with Crippen LogP contribution in [0.15, 0.2) is 24.3 Å². The van der Waals surface area contributed by atoms with E-state index in [9.17, 15) is 0 Å². The third-order valence-corrected chi connectivity index (χ3v) is 6.12. The van der Waals surface area contributed by atoms with E-state index >= 15 is 0 Å². The molecule has 0 fully saturated rings. The van der Waals surface area contributed by atoms with Crippen molar-refractivity contribution >= 4 is 0 Å². The molecule has 0 aliphatic rings. The highest BCUT2D eigenvalue weighted by molar-refractivity contribution is 5.53. The fraction of sp³-hybridized carbons (Fsp3) is 0.571. The van der Waals surface area contributed by atoms with Crippen LogP contribution in [0.1, 0.15) is 101 Å². The van der Waals surface area contributed by atoms with Crippen LogP contribution in [0.5, 0.6) is 11.5 Å². The molecule has 0 spiro atoms. The summed E-state index contributed by atoms with van der Waals surface area (Å²) in [4.78, 5) is 0. The Labute approximate surface area is 185 Å². The van der Waals surface area contributed by atoms with Crippen molar-refractivity contribution in [2.75, 3.05) is 14.2 Å². The lowest BCUT2D eigenvalue weighted by atomic mass is 9.76. The Balaban J connectivity index is 2.78. The molecule has 30 heavy (non-hydrogen) atoms. The van der Waals surface area contributed by atoms with Crippen LogP contribution in [0.2, 0.25) is 0 Å². The minimum atomic E-state index is 0.0239. The van der Waals surface area contributed by atoms with Crippen molar-refractivity contribution in [3.63, 3.8) is 0 Å². The van der Waals surface area contributed by atoms with Crippen molar-refractivity contribution in [2.24, 2.45) is 0 Å². The Morgan fingerprint density at radius 1 is 0.700 bits per heavy atom. The lowest BCUT2D eigenvalue weighted by Gasteiger charge is -2.30. The number of benzene rings is 2. The highest BCUT2D eigenvalue weighted by Gasteiger charge is 2.27. The summed E-state index contributed by atoms with van der Waals surface area (Å²) in [5, 5.41) is 0. The molecule has 2 aromatic carbocycles. The molecule has 0 aliphatic heterocycles. The zero-order valence-corrected chi connectivity index (χ0v) is 21.1. The number of hydrogen-bond donors (Lipinski definition) is 0. The van der Waals surface area contributed by atoms with Crippen molar-refractivity contribution < 1.29 is 9.47 Å². The topological polar surface area (TPSA) is 18.5 Å². The molecular weight excluding hydrogens is 368 g/mol. The van der Waals surface area contributed by atoms with E-state index in [4.69, 9.17) is 9.47 Å². The van der Waals surface area contributed by atoms with Gasteiger partial charge in [-0.2, -0.15) is 0 Å². The Hall–Kier alpha value is -1.96. The second-order valence-electron chi connectivity index (χ2n) is 10.7. The first-order chi connectivity index (χ1) is 13.8. The maximum atomic E-state index is 5.75. The van der Waals surface area contributed by atoms with Crippen LogP contribution >= 0.6 is 0 Å². The van der Waals surface area contributed by atoms with Gasteiger partial charge in [0.15, 0.2) is 0 Å². The van der Waals surface area contributed by atoms with Crippen molar-refractivity contribution in [1.82, 2.24) is 0 Å². The highest BCUT2D eigenvalue weighted by Crippen LogP contribution is 2.42. The standard InChI is InChI=1S/C28H42O2/c1-12-13-20(21-16-23(27(4,5)6)25(29-10)14-18(21)2)22-17-24(28(7,8)9)26(30-11)15-19(22)3/h14-17,20H,12-13H2,1-11H3. The van der Waals surface area contributed by atoms with Crippen LogP contribution < -0.4 is 9.47 Å². The van der Waals surface area contributed by atoms with Crippen molar-refractivity contribution in [2.45, 2.75) is 91.9 Å². The first-order valence-electron chi connectivity index (χ1n) is 11.2. The van der Waals surface area contributed by atoms with Crippen LogP contribution in [0.25, 0.3) is 0 Å². The lowest BCUT2D eigenvalue weighted by molar-refractivity contribution is 0.396. The number of aryl methyl sites for hydroxylation is 2. The minimum Gasteiger partial charge on any atom is -0.496 e. The van der Waals surface area contributed by atoms with E-state index in [0.29, 0.717) is 5.92 Å². The van der Waals surface area contributed by atoms with Crippen LogP contribution in [-0.2, 0) is 10.8 Å². The first-order valence-corrected chi connectivity index (χ1v) is 11.2. The fourth-order valence-electron chi connectivity index (χ4n) is 4.42. The van der Waals surface area contributed by atoms with Crippen LogP contribution in [0, 0.1) is 13.8 Å². The van der Waals surface area contributed by atoms with E-state index in [2.05, 4.69) is 86.6 Å². The molecule has 0 atom stereocenters. The fourth-order valence-corrected chi connectivity index (χ4v) is 4.42. The minimum absolute atomic E-state index is 0.0239. The molecule has 2 aromatic rings. The van der Waals surface area contributed by atoms with Gasteiger partial charge in [-0.1, -0.05) is 67.0 Å². The third-order valence-electron chi connectivity index (χ3n) is 6.12. The maximum Gasteiger partial charge on any atom is 0.122 e. The summed E-state index contributed by atoms with van der Waals surface area (Å²) < 4.78 is 11.5. The van der Waals surface area contributed by atoms with E-state index in [1.807, 2.05) is 0 Å². The largest absolute Gasteiger partial charge is 0.496 e. The van der Waals surface area contributed by atoms with Gasteiger partial charge in [-0.25, -0.2) is 0 Å². The molecule has 0 saturated carbocycles. The number of rotatable bonds is 6. The lowest BCUT2D eigenvalue weighted by Crippen LogP contribution is -2.17. The van der Waals surface area contributed by atoms with E-state index in [1.165, 1.54) is 33.4 Å². The Bertz CT molecular complexity index is 807. The van der Waals surface area contributed by atoms with E-state index in [0.717, 1.165) is 24.3 Å². The molecule has 2 heteroatoms. The van der Waals surface area contributed by atoms with Crippen LogP contribution in [0.3, 0.4) is 0 Å². The normalized spacial score (nSPS) is 12.4. The predicted octanol–water partition coefficient (Wildman–Crippen LogP) is 7.85. The Morgan fingerprint density at radius 3 is 1.33 bits per heavy atom. The van der Waals surface area contributed by atoms with Gasteiger partial charge < -0.3 is 9.47 Å². The Kier molecular flexibility index (Phi) is 7.32. The SMILES string of the molecule is CCCC(c1cc(C(C)(C)C)c(OC)cc1C)c1cc(C(C)(C)C)c(OC)cc1C. The number of methoxy groups -OCH3 is 2. The molecule has 0 N–H and O–H groups in total. The number of hydrogen-bond acceptors (Lipinski definition) is 2. The van der Waals surface area contributed by atoms with Gasteiger partial charge in [-0.15, -0.1) is 0 Å². The van der Waals surface area contributed by atoms with Gasteiger partial charge in [0, 0.05) is 5.92 Å². The molecule has 2 rings (SSSR count). The van der Waals surface area contributed by atoms with Gasteiger partial charge in [-0.05, 0) is 76.6 Å². The summed E-state index contributed by atoms with van der Waals surface area (Å²) in [5.41, 5.74) is 8.01. The Morgan fingerprint density at radius 2 is 1.07 bits per heavy atom. The van der Waals surface area contributed by atoms with Gasteiger partial charge in [0.25, 0.3) is 0 Å². The van der Waals surface area contributed by atoms with Crippen LogP contribution in [0.4, 0.5) is 0 Å². The summed E-state index contributed by atoms with van der Waals surface area (Å²) >= 11 is 0. The third kappa shape index (κ3) is 5.02. The average molecular weight is 411 g/mol. The zero-order chi connectivity index (χ0) is 22.9. The quantitative estimate of drug-likeness (QED) is 0.483. The molecule has 0 unspecified atom stereocenters. The molecule has 2 nitrogen and oxygen atoms in total. The molecular formula is C28H42O2. The summed E-state index contributed by atoms with van der Waals surface area (Å²) in [6, 6.07) is 9.24. The molecule has 0 bridgehead atoms. The van der Waals surface area contributed by atoms with E-state index < -0.39 is 0 Å². The molecule has 0 saturated heterocycles. The van der Waals surface area contributed by atoms with Gasteiger partial charge in [0.2, 0.25) is 0 Å². The van der Waals surface area contributed by atoms with Crippen molar-refractivity contribution in [3.05, 3.63) is 57.6 Å². The van der Waals surface area contributed by atoms with Gasteiger partial charge in [-0.3, -0.25) is 0 Å². The van der Waals surface area contributed by atoms with Crippen LogP contribution in [-0.4, -0.2) is 14.2 Å². The van der Waals surface area contributed by atoms with E-state index in [-0.39, 0.29) is 10.8 Å². The smallest absolute Gasteiger partial charge is 0.122 e. The molecule has 0 aliphatic carbocycles. The summed E-state index contributed by atoms with van der Waals surface area (Å²) in [6.07, 6.45) is 2.25. The van der Waals surface area contributed by atoms with Gasteiger partial charge in [0.05, 0.1) is 14.2 Å². The molecule has 0 radical (unpaired) electrons. The van der Waals surface area contributed by atoms with E-state index in [1.54, 1.807) is 14.2 Å². The monoisotopic (exact) mass is 410 g/mol. The second-order valence-corrected chi connectivity index (χ2v) is 10.7. The summed E-state index contributed by atoms with van der Waals surface area (Å²) in [5.74, 6) is 2.33. The predicted molar refractivity (Wildman–Crippen MR) is 130 cm³/mol. The molecule has 0 aromatic heterocycles. The molecule has 0 amide bonds. The summed E-state index contributed by atoms with van der Waals surface area (Å²) in [6.45, 7) is 20.3. The van der Waals surface area contributed by atoms with Crippen molar-refractivity contribution in [3.8, 4) is 11.5 Å². The van der Waals surface area contributed by atoms with Gasteiger partial charge >= 0.3 is 0 Å². The van der Waals surface area contributed by atoms with Crippen molar-refractivity contribution in [1.29, 1.82) is 0 Å². The zero-order valence-electron chi connectivity index (χ0n) is 21.1. The second kappa shape index (κ2) is 9.04. The highest BCUT2D eigenvalue weighted by atomic mass is 16.5. The maximum absolute atomic E-state index is 5.75. The average Bonchev–Trinajstić information content (AvgIpc) is 2.64. The summed E-state index contributed by atoms with van der Waals surface area (Å²) in [7, 11) is 3.55. The van der Waals surface area contributed by atoms with Gasteiger partial charge in [0.1, 0.15) is 11.5 Å².